The van der Waals surface area contributed by atoms with Gasteiger partial charge in [0.15, 0.2) is 16.7 Å². The summed E-state index contributed by atoms with van der Waals surface area (Å²) in [4.78, 5) is 10.5. The molecule has 0 radical (unpaired) electrons. The molecule has 3 N–H and O–H groups in total. The van der Waals surface area contributed by atoms with E-state index in [0.29, 0.717) is 17.8 Å². The van der Waals surface area contributed by atoms with Crippen LogP contribution in [-0.4, -0.2) is 25.4 Å². The van der Waals surface area contributed by atoms with Gasteiger partial charge in [0.05, 0.1) is 15.9 Å². The second-order valence-electron chi connectivity index (χ2n) is 6.16. The summed E-state index contributed by atoms with van der Waals surface area (Å²) in [5, 5.41) is 2.58. The molecule has 0 aliphatic rings. The van der Waals surface area contributed by atoms with E-state index in [-0.39, 0.29) is 22.2 Å². The average molecular weight is 413 g/mol. The Morgan fingerprint density at radius 3 is 2.29 bits per heavy atom. The molecule has 0 fully saturated rings. The van der Waals surface area contributed by atoms with Crippen LogP contribution < -0.4 is 5.32 Å². The van der Waals surface area contributed by atoms with E-state index < -0.39 is 39.0 Å². The van der Waals surface area contributed by atoms with Gasteiger partial charge in [0.1, 0.15) is 29.3 Å². The standard InChI is InChI=1S/C17H15F4N5OS/c1-8-17(28(2,22)27)26-16(24-8)14(9-3-10(18)5-11(19)4-9)25-15-13(21)6-12(20)7-23-15/h3-7,14,22H,1-2H3,(H,23,25)(H,24,26). The minimum Gasteiger partial charge on any atom is -0.354 e. The van der Waals surface area contributed by atoms with Crippen molar-refractivity contribution < 1.29 is 21.8 Å². The molecule has 2 heterocycles. The predicted octanol–water partition coefficient (Wildman–Crippen LogP) is 3.91. The van der Waals surface area contributed by atoms with Crippen LogP contribution in [0.15, 0.2) is 35.5 Å². The van der Waals surface area contributed by atoms with Gasteiger partial charge in [-0.15, -0.1) is 0 Å². The molecule has 1 aromatic carbocycles. The van der Waals surface area contributed by atoms with Crippen molar-refractivity contribution in [3.05, 3.63) is 70.8 Å². The van der Waals surface area contributed by atoms with Crippen LogP contribution in [0.5, 0.6) is 0 Å². The third-order valence-electron chi connectivity index (χ3n) is 3.81. The van der Waals surface area contributed by atoms with Gasteiger partial charge in [-0.1, -0.05) is 0 Å². The Labute approximate surface area is 158 Å². The molecule has 0 spiro atoms. The molecule has 148 valence electrons. The smallest absolute Gasteiger partial charge is 0.168 e. The van der Waals surface area contributed by atoms with Crippen LogP contribution in [0, 0.1) is 35.0 Å². The maximum Gasteiger partial charge on any atom is 0.168 e. The van der Waals surface area contributed by atoms with E-state index >= 15 is 0 Å². The number of halogens is 4. The third kappa shape index (κ3) is 4.14. The highest BCUT2D eigenvalue weighted by molar-refractivity contribution is 7.91. The van der Waals surface area contributed by atoms with Crippen LogP contribution in [0.4, 0.5) is 23.4 Å². The molecule has 3 aromatic rings. The zero-order valence-electron chi connectivity index (χ0n) is 14.7. The average Bonchev–Trinajstić information content (AvgIpc) is 2.95. The van der Waals surface area contributed by atoms with Gasteiger partial charge in [0, 0.05) is 24.1 Å². The van der Waals surface area contributed by atoms with Crippen molar-refractivity contribution >= 4 is 15.5 Å². The molecule has 0 bridgehead atoms. The van der Waals surface area contributed by atoms with Gasteiger partial charge in [0.25, 0.3) is 0 Å². The first-order valence-corrected chi connectivity index (χ1v) is 9.85. The molecule has 0 saturated heterocycles. The lowest BCUT2D eigenvalue weighted by Crippen LogP contribution is -2.17. The quantitative estimate of drug-likeness (QED) is 0.553. The molecule has 11 heteroatoms. The van der Waals surface area contributed by atoms with Crippen LogP contribution in [0.2, 0.25) is 0 Å². The summed E-state index contributed by atoms with van der Waals surface area (Å²) in [6.07, 6.45) is 1.95. The summed E-state index contributed by atoms with van der Waals surface area (Å²) >= 11 is 0. The number of benzene rings is 1. The number of anilines is 1. The number of H-pyrrole nitrogens is 1. The molecule has 0 saturated carbocycles. The van der Waals surface area contributed by atoms with Crippen molar-refractivity contribution in [3.63, 3.8) is 0 Å². The molecular weight excluding hydrogens is 398 g/mol. The molecule has 2 unspecified atom stereocenters. The predicted molar refractivity (Wildman–Crippen MR) is 94.4 cm³/mol. The highest BCUT2D eigenvalue weighted by Crippen LogP contribution is 2.28. The molecule has 2 aromatic heterocycles. The first kappa shape index (κ1) is 19.8. The van der Waals surface area contributed by atoms with E-state index in [2.05, 4.69) is 20.3 Å². The zero-order valence-corrected chi connectivity index (χ0v) is 15.5. The van der Waals surface area contributed by atoms with Gasteiger partial charge in [-0.3, -0.25) is 0 Å². The van der Waals surface area contributed by atoms with Crippen molar-refractivity contribution in [2.24, 2.45) is 0 Å². The molecule has 0 aliphatic carbocycles. The van der Waals surface area contributed by atoms with Crippen LogP contribution in [-0.2, 0) is 9.73 Å². The first-order chi connectivity index (χ1) is 13.0. The molecule has 3 rings (SSSR count). The van der Waals surface area contributed by atoms with Gasteiger partial charge >= 0.3 is 0 Å². The van der Waals surface area contributed by atoms with E-state index in [0.717, 1.165) is 18.3 Å². The topological polar surface area (TPSA) is 94.5 Å². The number of nitrogens with zero attached hydrogens (tertiary/aromatic N) is 2. The molecule has 2 atom stereocenters. The van der Waals surface area contributed by atoms with Gasteiger partial charge in [-0.2, -0.15) is 0 Å². The van der Waals surface area contributed by atoms with Crippen LogP contribution in [0.3, 0.4) is 0 Å². The minimum atomic E-state index is -3.19. The number of hydrogen-bond donors (Lipinski definition) is 3. The van der Waals surface area contributed by atoms with E-state index in [9.17, 15) is 21.8 Å². The molecule has 0 aliphatic heterocycles. The van der Waals surface area contributed by atoms with Crippen LogP contribution in [0.1, 0.15) is 23.1 Å². The highest BCUT2D eigenvalue weighted by atomic mass is 32.2. The second-order valence-corrected chi connectivity index (χ2v) is 8.23. The Morgan fingerprint density at radius 2 is 1.75 bits per heavy atom. The number of nitrogens with one attached hydrogen (secondary N) is 3. The summed E-state index contributed by atoms with van der Waals surface area (Å²) in [6.45, 7) is 1.53. The fourth-order valence-electron chi connectivity index (χ4n) is 2.69. The van der Waals surface area contributed by atoms with Crippen LogP contribution >= 0.6 is 0 Å². The monoisotopic (exact) mass is 413 g/mol. The zero-order chi connectivity index (χ0) is 20.6. The fraction of sp³-hybridized carbons (Fsp3) is 0.176. The van der Waals surface area contributed by atoms with Gasteiger partial charge in [0.2, 0.25) is 0 Å². The Hall–Kier alpha value is -2.95. The number of aryl methyl sites for hydroxylation is 1. The van der Waals surface area contributed by atoms with Crippen molar-refractivity contribution in [1.29, 1.82) is 4.78 Å². The summed E-state index contributed by atoms with van der Waals surface area (Å²) in [5.74, 6) is -4.02. The summed E-state index contributed by atoms with van der Waals surface area (Å²) in [6, 6.07) is 2.12. The van der Waals surface area contributed by atoms with Crippen molar-refractivity contribution in [3.8, 4) is 0 Å². The first-order valence-electron chi connectivity index (χ1n) is 7.88. The van der Waals surface area contributed by atoms with Crippen molar-refractivity contribution in [2.45, 2.75) is 18.0 Å². The molecular formula is C17H15F4N5OS. The SMILES string of the molecule is Cc1[nH]c(C(Nc2ncc(F)cc2F)c2cc(F)cc(F)c2)nc1S(C)(=N)=O. The maximum atomic E-state index is 14.1. The Bertz CT molecular complexity index is 1130. The lowest BCUT2D eigenvalue weighted by atomic mass is 10.1. The number of imidazole rings is 1. The Morgan fingerprint density at radius 1 is 1.11 bits per heavy atom. The number of aromatic nitrogens is 3. The van der Waals surface area contributed by atoms with Crippen LogP contribution in [0.25, 0.3) is 0 Å². The lowest BCUT2D eigenvalue weighted by Gasteiger charge is -2.18. The van der Waals surface area contributed by atoms with E-state index in [1.54, 1.807) is 0 Å². The maximum absolute atomic E-state index is 14.1. The third-order valence-corrected chi connectivity index (χ3v) is 4.94. The number of aromatic amines is 1. The van der Waals surface area contributed by atoms with Crippen molar-refractivity contribution in [1.82, 2.24) is 15.0 Å². The van der Waals surface area contributed by atoms with Gasteiger partial charge in [-0.25, -0.2) is 36.5 Å². The largest absolute Gasteiger partial charge is 0.354 e. The highest BCUT2D eigenvalue weighted by Gasteiger charge is 2.24. The van der Waals surface area contributed by atoms with E-state index in [4.69, 9.17) is 4.78 Å². The number of rotatable bonds is 5. The number of pyridine rings is 1. The van der Waals surface area contributed by atoms with Gasteiger partial charge < -0.3 is 10.3 Å². The fourth-order valence-corrected chi connectivity index (χ4v) is 3.60. The lowest BCUT2D eigenvalue weighted by molar-refractivity contribution is 0.571. The van der Waals surface area contributed by atoms with Gasteiger partial charge in [-0.05, 0) is 24.6 Å². The Kier molecular flexibility index (Phi) is 5.11. The second kappa shape index (κ2) is 7.23. The normalized spacial score (nSPS) is 14.5. The van der Waals surface area contributed by atoms with E-state index in [1.807, 2.05) is 0 Å². The molecule has 0 amide bonds. The number of hydrogen-bond acceptors (Lipinski definition) is 5. The summed E-state index contributed by atoms with van der Waals surface area (Å²) < 4.78 is 74.4. The summed E-state index contributed by atoms with van der Waals surface area (Å²) in [7, 11) is -3.19. The van der Waals surface area contributed by atoms with Crippen molar-refractivity contribution in [2.75, 3.05) is 11.6 Å². The minimum absolute atomic E-state index is 0.0240. The summed E-state index contributed by atoms with van der Waals surface area (Å²) in [5.41, 5.74) is 0.338. The molecule has 28 heavy (non-hydrogen) atoms. The molecule has 6 nitrogen and oxygen atoms in total. The Balaban J connectivity index is 2.14. The van der Waals surface area contributed by atoms with E-state index in [1.165, 1.54) is 13.2 Å².